The van der Waals surface area contributed by atoms with Crippen molar-refractivity contribution in [3.05, 3.63) is 74.4 Å². The standard InChI is InChI=1S/C24H26O2/c1-23(2)9-10-24(3,4)20-14-18-12-16(11-17(18)13-19(20)23)15-5-7-21(25)22(26)8-6-15/h5-8,11,13-14H,9-10,12H2,1-4H3,(H,25,26). The van der Waals surface area contributed by atoms with Crippen LogP contribution in [0.2, 0.25) is 0 Å². The Kier molecular flexibility index (Phi) is 3.66. The number of rotatable bonds is 1. The van der Waals surface area contributed by atoms with E-state index in [0.717, 1.165) is 12.0 Å². The smallest absolute Gasteiger partial charge is 0.220 e. The molecule has 0 spiro atoms. The molecular weight excluding hydrogens is 320 g/mol. The van der Waals surface area contributed by atoms with Crippen LogP contribution in [0.4, 0.5) is 0 Å². The van der Waals surface area contributed by atoms with E-state index < -0.39 is 0 Å². The molecule has 0 unspecified atom stereocenters. The molecule has 0 aliphatic heterocycles. The summed E-state index contributed by atoms with van der Waals surface area (Å²) in [5.74, 6) is -0.202. The molecule has 1 N–H and O–H groups in total. The molecule has 2 nitrogen and oxygen atoms in total. The summed E-state index contributed by atoms with van der Waals surface area (Å²) in [7, 11) is 0. The molecule has 0 amide bonds. The zero-order valence-corrected chi connectivity index (χ0v) is 16.0. The average molecular weight is 346 g/mol. The first kappa shape index (κ1) is 17.1. The van der Waals surface area contributed by atoms with Crippen molar-refractivity contribution in [2.45, 2.75) is 57.8 Å². The molecule has 0 atom stereocenters. The predicted octanol–water partition coefficient (Wildman–Crippen LogP) is 5.20. The summed E-state index contributed by atoms with van der Waals surface area (Å²) < 4.78 is 0. The molecule has 0 radical (unpaired) electrons. The molecule has 0 bridgehead atoms. The average Bonchev–Trinajstić information content (AvgIpc) is 2.92. The maximum absolute atomic E-state index is 11.7. The number of aromatic hydroxyl groups is 1. The fraction of sp³-hybridized carbons (Fsp3) is 0.375. The Labute approximate surface area is 155 Å². The first-order valence-electron chi connectivity index (χ1n) is 9.40. The molecule has 2 aliphatic carbocycles. The fourth-order valence-electron chi connectivity index (χ4n) is 4.36. The second-order valence-corrected chi connectivity index (χ2v) is 9.08. The van der Waals surface area contributed by atoms with Crippen molar-refractivity contribution >= 4 is 11.6 Å². The Morgan fingerprint density at radius 3 is 2.19 bits per heavy atom. The van der Waals surface area contributed by atoms with Crippen molar-refractivity contribution in [3.8, 4) is 5.75 Å². The van der Waals surface area contributed by atoms with Gasteiger partial charge in [0.15, 0.2) is 5.75 Å². The third kappa shape index (κ3) is 2.68. The van der Waals surface area contributed by atoms with E-state index in [-0.39, 0.29) is 22.0 Å². The van der Waals surface area contributed by atoms with Gasteiger partial charge in [0, 0.05) is 0 Å². The molecule has 2 aromatic carbocycles. The van der Waals surface area contributed by atoms with Crippen molar-refractivity contribution in [2.24, 2.45) is 0 Å². The second kappa shape index (κ2) is 5.57. The van der Waals surface area contributed by atoms with Crippen LogP contribution in [0, 0.1) is 0 Å². The summed E-state index contributed by atoms with van der Waals surface area (Å²) in [6, 6.07) is 11.4. The monoisotopic (exact) mass is 346 g/mol. The highest BCUT2D eigenvalue weighted by molar-refractivity contribution is 5.89. The highest BCUT2D eigenvalue weighted by atomic mass is 16.3. The highest BCUT2D eigenvalue weighted by Crippen LogP contribution is 2.48. The van der Waals surface area contributed by atoms with Crippen LogP contribution in [-0.4, -0.2) is 5.11 Å². The van der Waals surface area contributed by atoms with Gasteiger partial charge in [-0.3, -0.25) is 4.79 Å². The summed E-state index contributed by atoms with van der Waals surface area (Å²) in [6.45, 7) is 9.41. The van der Waals surface area contributed by atoms with Crippen LogP contribution in [0.3, 0.4) is 0 Å². The van der Waals surface area contributed by atoms with E-state index in [0.29, 0.717) is 0 Å². The van der Waals surface area contributed by atoms with E-state index in [2.05, 4.69) is 45.9 Å². The minimum absolute atomic E-state index is 0.202. The van der Waals surface area contributed by atoms with Crippen molar-refractivity contribution in [1.29, 1.82) is 0 Å². The third-order valence-electron chi connectivity index (χ3n) is 6.28. The van der Waals surface area contributed by atoms with Crippen LogP contribution in [0.1, 0.15) is 68.4 Å². The molecule has 2 aliphatic rings. The highest BCUT2D eigenvalue weighted by Gasteiger charge is 2.38. The number of hydrogen-bond acceptors (Lipinski definition) is 2. The summed E-state index contributed by atoms with van der Waals surface area (Å²) in [5, 5.41) is 9.65. The van der Waals surface area contributed by atoms with E-state index >= 15 is 0 Å². The summed E-state index contributed by atoms with van der Waals surface area (Å²) in [6.07, 6.45) is 5.54. The minimum Gasteiger partial charge on any atom is -0.504 e. The van der Waals surface area contributed by atoms with E-state index in [1.807, 2.05) is 12.1 Å². The number of fused-ring (bicyclic) bond motifs is 2. The Morgan fingerprint density at radius 2 is 1.50 bits per heavy atom. The molecule has 0 saturated carbocycles. The Bertz CT molecular complexity index is 993. The second-order valence-electron chi connectivity index (χ2n) is 9.08. The van der Waals surface area contributed by atoms with Gasteiger partial charge in [-0.05, 0) is 75.6 Å². The van der Waals surface area contributed by atoms with Crippen LogP contribution >= 0.6 is 0 Å². The molecule has 4 rings (SSSR count). The molecular formula is C24H26O2. The van der Waals surface area contributed by atoms with Gasteiger partial charge in [0.2, 0.25) is 5.43 Å². The van der Waals surface area contributed by atoms with Gasteiger partial charge in [0.1, 0.15) is 0 Å². The normalized spacial score (nSPS) is 19.5. The van der Waals surface area contributed by atoms with Gasteiger partial charge < -0.3 is 5.11 Å². The Balaban J connectivity index is 1.81. The maximum atomic E-state index is 11.7. The number of allylic oxidation sites excluding steroid dienone is 1. The largest absolute Gasteiger partial charge is 0.504 e. The third-order valence-corrected chi connectivity index (χ3v) is 6.28. The molecule has 0 heterocycles. The quantitative estimate of drug-likeness (QED) is 0.771. The summed E-state index contributed by atoms with van der Waals surface area (Å²) in [4.78, 5) is 11.7. The van der Waals surface area contributed by atoms with Gasteiger partial charge in [0.25, 0.3) is 0 Å². The Morgan fingerprint density at radius 1 is 0.885 bits per heavy atom. The zero-order chi connectivity index (χ0) is 18.7. The number of benzene rings is 1. The van der Waals surface area contributed by atoms with Gasteiger partial charge in [-0.15, -0.1) is 0 Å². The van der Waals surface area contributed by atoms with Crippen LogP contribution in [-0.2, 0) is 17.3 Å². The molecule has 0 saturated heterocycles. The minimum atomic E-state index is -0.341. The van der Waals surface area contributed by atoms with Crippen LogP contribution in [0.15, 0.2) is 41.2 Å². The zero-order valence-electron chi connectivity index (χ0n) is 16.0. The SMILES string of the molecule is CC1(C)CCC(C)(C)c2cc3c(cc21)C=C(c1ccc(O)c(=O)cc1)C3. The summed E-state index contributed by atoms with van der Waals surface area (Å²) in [5.41, 5.74) is 7.90. The van der Waals surface area contributed by atoms with Crippen LogP contribution < -0.4 is 5.43 Å². The Hall–Kier alpha value is -2.35. The van der Waals surface area contributed by atoms with Crippen molar-refractivity contribution in [1.82, 2.24) is 0 Å². The lowest BCUT2D eigenvalue weighted by molar-refractivity contribution is 0.331. The summed E-state index contributed by atoms with van der Waals surface area (Å²) >= 11 is 0. The van der Waals surface area contributed by atoms with Crippen LogP contribution in [0.25, 0.3) is 11.6 Å². The molecule has 26 heavy (non-hydrogen) atoms. The maximum Gasteiger partial charge on any atom is 0.220 e. The lowest BCUT2D eigenvalue weighted by Gasteiger charge is -2.42. The molecule has 2 heteroatoms. The molecule has 2 aromatic rings. The first-order valence-corrected chi connectivity index (χ1v) is 9.40. The van der Waals surface area contributed by atoms with Gasteiger partial charge in [-0.2, -0.15) is 0 Å². The topological polar surface area (TPSA) is 37.3 Å². The van der Waals surface area contributed by atoms with E-state index in [1.54, 1.807) is 0 Å². The molecule has 0 aromatic heterocycles. The van der Waals surface area contributed by atoms with Crippen LogP contribution in [0.5, 0.6) is 5.75 Å². The molecule has 0 fully saturated rings. The van der Waals surface area contributed by atoms with Gasteiger partial charge in [-0.1, -0.05) is 58.0 Å². The lowest BCUT2D eigenvalue weighted by Crippen LogP contribution is -2.34. The van der Waals surface area contributed by atoms with Crippen molar-refractivity contribution < 1.29 is 5.11 Å². The van der Waals surface area contributed by atoms with Crippen molar-refractivity contribution in [3.63, 3.8) is 0 Å². The van der Waals surface area contributed by atoms with Gasteiger partial charge in [0.05, 0.1) is 0 Å². The van der Waals surface area contributed by atoms with E-state index in [1.165, 1.54) is 52.8 Å². The predicted molar refractivity (Wildman–Crippen MR) is 108 cm³/mol. The van der Waals surface area contributed by atoms with E-state index in [9.17, 15) is 9.90 Å². The van der Waals surface area contributed by atoms with Gasteiger partial charge in [-0.25, -0.2) is 0 Å². The van der Waals surface area contributed by atoms with E-state index in [4.69, 9.17) is 0 Å². The lowest BCUT2D eigenvalue weighted by atomic mass is 9.62. The number of hydrogen-bond donors (Lipinski definition) is 1. The first-order chi connectivity index (χ1) is 12.2. The molecule has 134 valence electrons. The van der Waals surface area contributed by atoms with Gasteiger partial charge >= 0.3 is 0 Å². The fourth-order valence-corrected chi connectivity index (χ4v) is 4.36. The van der Waals surface area contributed by atoms with Crippen molar-refractivity contribution in [2.75, 3.05) is 0 Å².